The van der Waals surface area contributed by atoms with Crippen LogP contribution in [0.1, 0.15) is 57.8 Å². The summed E-state index contributed by atoms with van der Waals surface area (Å²) in [5.74, 6) is 1.46. The van der Waals surface area contributed by atoms with Crippen molar-refractivity contribution in [2.24, 2.45) is 5.92 Å². The topological polar surface area (TPSA) is 27.7 Å². The van der Waals surface area contributed by atoms with Crippen molar-refractivity contribution >= 4 is 0 Å². The first-order valence-electron chi connectivity index (χ1n) is 8.29. The summed E-state index contributed by atoms with van der Waals surface area (Å²) in [6, 6.07) is 8.10. The summed E-state index contributed by atoms with van der Waals surface area (Å²) in [6.07, 6.45) is 5.82. The number of hydrogen-bond acceptors (Lipinski definition) is 3. The minimum Gasteiger partial charge on any atom is -0.494 e. The first-order valence-corrected chi connectivity index (χ1v) is 8.29. The Morgan fingerprint density at radius 1 is 1.00 bits per heavy atom. The second-order valence-corrected chi connectivity index (χ2v) is 5.75. The fraction of sp³-hybridized carbons (Fsp3) is 0.667. The predicted molar refractivity (Wildman–Crippen MR) is 84.5 cm³/mol. The van der Waals surface area contributed by atoms with Crippen molar-refractivity contribution in [3.8, 4) is 5.75 Å². The molecule has 0 aliphatic carbocycles. The van der Waals surface area contributed by atoms with Gasteiger partial charge in [-0.25, -0.2) is 0 Å². The lowest BCUT2D eigenvalue weighted by molar-refractivity contribution is -0.205. The lowest BCUT2D eigenvalue weighted by Crippen LogP contribution is -2.26. The zero-order valence-electron chi connectivity index (χ0n) is 13.3. The zero-order valence-corrected chi connectivity index (χ0v) is 13.3. The third kappa shape index (κ3) is 5.33. The van der Waals surface area contributed by atoms with Crippen LogP contribution in [0.4, 0.5) is 0 Å². The molecule has 0 atom stereocenters. The van der Waals surface area contributed by atoms with Gasteiger partial charge in [0, 0.05) is 11.5 Å². The van der Waals surface area contributed by atoms with Crippen LogP contribution in [0.2, 0.25) is 0 Å². The first kappa shape index (κ1) is 16.3. The molecule has 0 amide bonds. The van der Waals surface area contributed by atoms with Gasteiger partial charge < -0.3 is 14.2 Å². The predicted octanol–water partition coefficient (Wildman–Crippen LogP) is 4.72. The molecule has 1 fully saturated rings. The summed E-state index contributed by atoms with van der Waals surface area (Å²) in [6.45, 7) is 6.77. The Balaban J connectivity index is 1.74. The minimum absolute atomic E-state index is 0.216. The van der Waals surface area contributed by atoms with E-state index in [9.17, 15) is 0 Å². The highest BCUT2D eigenvalue weighted by atomic mass is 16.7. The molecule has 0 aromatic heterocycles. The van der Waals surface area contributed by atoms with Gasteiger partial charge in [0.2, 0.25) is 0 Å². The van der Waals surface area contributed by atoms with Gasteiger partial charge in [-0.1, -0.05) is 45.2 Å². The van der Waals surface area contributed by atoms with Crippen LogP contribution in [0, 0.1) is 5.92 Å². The molecular formula is C18H28O3. The third-order valence-electron chi connectivity index (χ3n) is 3.96. The van der Waals surface area contributed by atoms with Gasteiger partial charge in [-0.3, -0.25) is 0 Å². The maximum Gasteiger partial charge on any atom is 0.183 e. The van der Waals surface area contributed by atoms with Crippen LogP contribution in [0.3, 0.4) is 0 Å². The van der Waals surface area contributed by atoms with Crippen LogP contribution in [0.15, 0.2) is 24.3 Å². The Labute approximate surface area is 128 Å². The largest absolute Gasteiger partial charge is 0.494 e. The normalized spacial score (nSPS) is 22.2. The maximum absolute atomic E-state index is 5.77. The second-order valence-electron chi connectivity index (χ2n) is 5.75. The molecule has 0 radical (unpaired) electrons. The Morgan fingerprint density at radius 3 is 2.33 bits per heavy atom. The number of rotatable bonds is 8. The number of hydrogen-bond donors (Lipinski definition) is 0. The molecule has 0 bridgehead atoms. The van der Waals surface area contributed by atoms with E-state index in [2.05, 4.69) is 13.8 Å². The van der Waals surface area contributed by atoms with Crippen molar-refractivity contribution < 1.29 is 14.2 Å². The molecule has 1 aromatic carbocycles. The lowest BCUT2D eigenvalue weighted by atomic mass is 10.1. The summed E-state index contributed by atoms with van der Waals surface area (Å²) in [4.78, 5) is 0. The molecule has 118 valence electrons. The van der Waals surface area contributed by atoms with E-state index in [4.69, 9.17) is 14.2 Å². The maximum atomic E-state index is 5.77. The van der Waals surface area contributed by atoms with Crippen LogP contribution in [0.25, 0.3) is 0 Å². The minimum atomic E-state index is -0.216. The van der Waals surface area contributed by atoms with E-state index in [0.717, 1.165) is 44.0 Å². The molecule has 0 spiro atoms. The molecule has 1 aliphatic rings. The summed E-state index contributed by atoms with van der Waals surface area (Å²) < 4.78 is 17.3. The standard InChI is InChI=1S/C18H28O3/c1-3-5-6-7-12-19-17-10-8-16(9-11-17)18-20-13-15(4-2)14-21-18/h8-11,15,18H,3-7,12-14H2,1-2H3. The molecule has 21 heavy (non-hydrogen) atoms. The van der Waals surface area contributed by atoms with E-state index in [0.29, 0.717) is 5.92 Å². The molecule has 1 aromatic rings. The van der Waals surface area contributed by atoms with E-state index in [1.54, 1.807) is 0 Å². The van der Waals surface area contributed by atoms with E-state index < -0.39 is 0 Å². The molecule has 0 saturated carbocycles. The molecule has 1 aliphatic heterocycles. The van der Waals surface area contributed by atoms with Crippen molar-refractivity contribution in [1.29, 1.82) is 0 Å². The fourth-order valence-corrected chi connectivity index (χ4v) is 2.41. The lowest BCUT2D eigenvalue weighted by Gasteiger charge is -2.29. The number of unbranched alkanes of at least 4 members (excludes halogenated alkanes) is 3. The van der Waals surface area contributed by atoms with E-state index in [1.807, 2.05) is 24.3 Å². The van der Waals surface area contributed by atoms with Gasteiger partial charge in [0.05, 0.1) is 19.8 Å². The third-order valence-corrected chi connectivity index (χ3v) is 3.96. The van der Waals surface area contributed by atoms with Crippen molar-refractivity contribution in [1.82, 2.24) is 0 Å². The van der Waals surface area contributed by atoms with Crippen LogP contribution in [-0.2, 0) is 9.47 Å². The van der Waals surface area contributed by atoms with Gasteiger partial charge in [-0.05, 0) is 25.0 Å². The van der Waals surface area contributed by atoms with Crippen molar-refractivity contribution in [3.63, 3.8) is 0 Å². The van der Waals surface area contributed by atoms with Crippen molar-refractivity contribution in [3.05, 3.63) is 29.8 Å². The Bertz CT molecular complexity index is 380. The van der Waals surface area contributed by atoms with Gasteiger partial charge in [-0.2, -0.15) is 0 Å². The van der Waals surface area contributed by atoms with Crippen LogP contribution in [-0.4, -0.2) is 19.8 Å². The van der Waals surface area contributed by atoms with Crippen LogP contribution in [0.5, 0.6) is 5.75 Å². The van der Waals surface area contributed by atoms with Gasteiger partial charge >= 0.3 is 0 Å². The highest BCUT2D eigenvalue weighted by molar-refractivity contribution is 5.28. The van der Waals surface area contributed by atoms with Gasteiger partial charge in [0.15, 0.2) is 6.29 Å². The summed E-state index contributed by atoms with van der Waals surface area (Å²) in [5, 5.41) is 0. The fourth-order valence-electron chi connectivity index (χ4n) is 2.41. The molecule has 2 rings (SSSR count). The van der Waals surface area contributed by atoms with E-state index in [-0.39, 0.29) is 6.29 Å². The molecular weight excluding hydrogens is 264 g/mol. The average molecular weight is 292 g/mol. The highest BCUT2D eigenvalue weighted by Crippen LogP contribution is 2.27. The highest BCUT2D eigenvalue weighted by Gasteiger charge is 2.22. The van der Waals surface area contributed by atoms with Crippen LogP contribution < -0.4 is 4.74 Å². The van der Waals surface area contributed by atoms with Crippen molar-refractivity contribution in [2.75, 3.05) is 19.8 Å². The summed E-state index contributed by atoms with van der Waals surface area (Å²) in [5.41, 5.74) is 1.07. The second kappa shape index (κ2) is 9.06. The van der Waals surface area contributed by atoms with Gasteiger partial charge in [-0.15, -0.1) is 0 Å². The Morgan fingerprint density at radius 2 is 1.71 bits per heavy atom. The molecule has 1 saturated heterocycles. The van der Waals surface area contributed by atoms with Crippen molar-refractivity contribution in [2.45, 2.75) is 52.2 Å². The smallest absolute Gasteiger partial charge is 0.183 e. The summed E-state index contributed by atoms with van der Waals surface area (Å²) >= 11 is 0. The average Bonchev–Trinajstić information content (AvgIpc) is 2.55. The monoisotopic (exact) mass is 292 g/mol. The number of ether oxygens (including phenoxy) is 3. The molecule has 3 nitrogen and oxygen atoms in total. The number of benzene rings is 1. The molecule has 1 heterocycles. The quantitative estimate of drug-likeness (QED) is 0.649. The summed E-state index contributed by atoms with van der Waals surface area (Å²) in [7, 11) is 0. The Hall–Kier alpha value is -1.06. The SMILES string of the molecule is CCCCCCOc1ccc(C2OCC(CC)CO2)cc1. The van der Waals surface area contributed by atoms with Gasteiger partial charge in [0.25, 0.3) is 0 Å². The molecule has 0 unspecified atom stereocenters. The molecule has 0 N–H and O–H groups in total. The van der Waals surface area contributed by atoms with E-state index in [1.165, 1.54) is 19.3 Å². The Kier molecular flexibility index (Phi) is 7.04. The zero-order chi connectivity index (χ0) is 14.9. The first-order chi connectivity index (χ1) is 10.3. The molecule has 3 heteroatoms. The van der Waals surface area contributed by atoms with Gasteiger partial charge in [0.1, 0.15) is 5.75 Å². The van der Waals surface area contributed by atoms with Crippen LogP contribution >= 0.6 is 0 Å². The van der Waals surface area contributed by atoms with E-state index >= 15 is 0 Å².